The van der Waals surface area contributed by atoms with Gasteiger partial charge in [0, 0.05) is 13.1 Å². The van der Waals surface area contributed by atoms with Crippen molar-refractivity contribution in [2.45, 2.75) is 39.4 Å². The fourth-order valence-electron chi connectivity index (χ4n) is 2.37. The van der Waals surface area contributed by atoms with Gasteiger partial charge < -0.3 is 9.64 Å². The molecule has 3 heteroatoms. The molecule has 1 saturated heterocycles. The maximum Gasteiger partial charge on any atom is 0.227 e. The first-order valence-corrected chi connectivity index (χ1v) is 6.53. The Kier molecular flexibility index (Phi) is 4.02. The summed E-state index contributed by atoms with van der Waals surface area (Å²) in [5, 5.41) is 0. The van der Waals surface area contributed by atoms with Crippen LogP contribution in [0.1, 0.15) is 25.0 Å². The van der Waals surface area contributed by atoms with Crippen molar-refractivity contribution in [2.75, 3.05) is 13.1 Å². The number of aryl methyl sites for hydroxylation is 1. The van der Waals surface area contributed by atoms with E-state index in [1.807, 2.05) is 43.0 Å². The lowest BCUT2D eigenvalue weighted by molar-refractivity contribution is -0.142. The molecule has 1 aromatic carbocycles. The van der Waals surface area contributed by atoms with E-state index < -0.39 is 0 Å². The summed E-state index contributed by atoms with van der Waals surface area (Å²) >= 11 is 0. The highest BCUT2D eigenvalue weighted by atomic mass is 16.5. The van der Waals surface area contributed by atoms with Crippen molar-refractivity contribution in [3.05, 3.63) is 35.4 Å². The van der Waals surface area contributed by atoms with Crippen LogP contribution >= 0.6 is 0 Å². The number of nitrogens with zero attached hydrogens (tertiary/aromatic N) is 1. The van der Waals surface area contributed by atoms with Gasteiger partial charge in [-0.25, -0.2) is 0 Å². The monoisotopic (exact) mass is 247 g/mol. The van der Waals surface area contributed by atoms with Gasteiger partial charge in [-0.15, -0.1) is 0 Å². The Hall–Kier alpha value is -1.35. The summed E-state index contributed by atoms with van der Waals surface area (Å²) in [4.78, 5) is 14.1. The SMILES string of the molecule is Cc1ccc(CC(=O)N2C[C@@H](C)O[C@H](C)C2)cc1. The maximum absolute atomic E-state index is 12.2. The average Bonchev–Trinajstić information content (AvgIpc) is 2.31. The van der Waals surface area contributed by atoms with Crippen molar-refractivity contribution in [2.24, 2.45) is 0 Å². The zero-order chi connectivity index (χ0) is 13.1. The van der Waals surface area contributed by atoms with Crippen molar-refractivity contribution in [1.29, 1.82) is 0 Å². The molecule has 0 aromatic heterocycles. The smallest absolute Gasteiger partial charge is 0.227 e. The average molecular weight is 247 g/mol. The zero-order valence-electron chi connectivity index (χ0n) is 11.3. The first-order valence-electron chi connectivity index (χ1n) is 6.53. The molecule has 3 nitrogen and oxygen atoms in total. The summed E-state index contributed by atoms with van der Waals surface area (Å²) < 4.78 is 5.64. The van der Waals surface area contributed by atoms with Crippen molar-refractivity contribution in [3.8, 4) is 0 Å². The lowest BCUT2D eigenvalue weighted by atomic mass is 10.1. The van der Waals surface area contributed by atoms with Gasteiger partial charge in [0.1, 0.15) is 0 Å². The van der Waals surface area contributed by atoms with E-state index in [1.54, 1.807) is 0 Å². The zero-order valence-corrected chi connectivity index (χ0v) is 11.3. The first kappa shape index (κ1) is 13.1. The molecule has 0 radical (unpaired) electrons. The van der Waals surface area contributed by atoms with Crippen LogP contribution in [0.5, 0.6) is 0 Å². The number of carbonyl (C=O) groups is 1. The van der Waals surface area contributed by atoms with Gasteiger partial charge in [-0.3, -0.25) is 4.79 Å². The van der Waals surface area contributed by atoms with E-state index in [4.69, 9.17) is 4.74 Å². The second kappa shape index (κ2) is 5.53. The van der Waals surface area contributed by atoms with Gasteiger partial charge in [0.05, 0.1) is 18.6 Å². The summed E-state index contributed by atoms with van der Waals surface area (Å²) in [5.74, 6) is 0.195. The van der Waals surface area contributed by atoms with Crippen LogP contribution < -0.4 is 0 Å². The van der Waals surface area contributed by atoms with Crippen LogP contribution in [0.25, 0.3) is 0 Å². The summed E-state index contributed by atoms with van der Waals surface area (Å²) in [6.07, 6.45) is 0.756. The fourth-order valence-corrected chi connectivity index (χ4v) is 2.37. The number of rotatable bonds is 2. The molecular weight excluding hydrogens is 226 g/mol. The molecule has 1 heterocycles. The van der Waals surface area contributed by atoms with E-state index in [-0.39, 0.29) is 18.1 Å². The quantitative estimate of drug-likeness (QED) is 0.801. The van der Waals surface area contributed by atoms with E-state index in [9.17, 15) is 4.79 Å². The van der Waals surface area contributed by atoms with Crippen molar-refractivity contribution < 1.29 is 9.53 Å². The molecule has 2 atom stereocenters. The lowest BCUT2D eigenvalue weighted by Crippen LogP contribution is -2.48. The molecule has 0 unspecified atom stereocenters. The van der Waals surface area contributed by atoms with Gasteiger partial charge in [-0.1, -0.05) is 29.8 Å². The Morgan fingerprint density at radius 3 is 2.33 bits per heavy atom. The first-order chi connectivity index (χ1) is 8.54. The fraction of sp³-hybridized carbons (Fsp3) is 0.533. The summed E-state index contributed by atoms with van der Waals surface area (Å²) in [6, 6.07) is 8.15. The second-order valence-corrected chi connectivity index (χ2v) is 5.22. The van der Waals surface area contributed by atoms with Gasteiger partial charge in [-0.2, -0.15) is 0 Å². The number of hydrogen-bond donors (Lipinski definition) is 0. The van der Waals surface area contributed by atoms with E-state index >= 15 is 0 Å². The van der Waals surface area contributed by atoms with Gasteiger partial charge >= 0.3 is 0 Å². The Morgan fingerprint density at radius 1 is 1.22 bits per heavy atom. The number of amides is 1. The summed E-state index contributed by atoms with van der Waals surface area (Å²) in [7, 11) is 0. The molecule has 1 aromatic rings. The highest BCUT2D eigenvalue weighted by molar-refractivity contribution is 5.79. The Bertz CT molecular complexity index is 403. The minimum atomic E-state index is 0.135. The third-order valence-electron chi connectivity index (χ3n) is 3.25. The molecule has 1 amide bonds. The number of benzene rings is 1. The van der Waals surface area contributed by atoms with Crippen LogP contribution in [0.2, 0.25) is 0 Å². The molecule has 18 heavy (non-hydrogen) atoms. The molecule has 0 aliphatic carbocycles. The molecular formula is C15H21NO2. The number of morpholine rings is 1. The highest BCUT2D eigenvalue weighted by Gasteiger charge is 2.25. The van der Waals surface area contributed by atoms with E-state index in [2.05, 4.69) is 6.92 Å². The van der Waals surface area contributed by atoms with Crippen LogP contribution in [0.4, 0.5) is 0 Å². The molecule has 98 valence electrons. The third kappa shape index (κ3) is 3.33. The van der Waals surface area contributed by atoms with Gasteiger partial charge in [-0.05, 0) is 26.3 Å². The van der Waals surface area contributed by atoms with Crippen LogP contribution in [-0.4, -0.2) is 36.1 Å². The molecule has 1 aliphatic heterocycles. The largest absolute Gasteiger partial charge is 0.372 e. The summed E-state index contributed by atoms with van der Waals surface area (Å²) in [6.45, 7) is 7.49. The summed E-state index contributed by atoms with van der Waals surface area (Å²) in [5.41, 5.74) is 2.30. The standard InChI is InChI=1S/C15H21NO2/c1-11-4-6-14(7-5-11)8-15(17)16-9-12(2)18-13(3)10-16/h4-7,12-13H,8-10H2,1-3H3/t12-,13-/m1/s1. The van der Waals surface area contributed by atoms with Gasteiger partial charge in [0.25, 0.3) is 0 Å². The third-order valence-corrected chi connectivity index (χ3v) is 3.25. The maximum atomic E-state index is 12.2. The lowest BCUT2D eigenvalue weighted by Gasteiger charge is -2.35. The highest BCUT2D eigenvalue weighted by Crippen LogP contribution is 2.13. The Labute approximate surface area is 109 Å². The second-order valence-electron chi connectivity index (χ2n) is 5.22. The molecule has 0 spiro atoms. The van der Waals surface area contributed by atoms with Crippen LogP contribution in [0, 0.1) is 6.92 Å². The van der Waals surface area contributed by atoms with E-state index in [1.165, 1.54) is 5.56 Å². The predicted octanol–water partition coefficient (Wildman–Crippen LogP) is 2.17. The Morgan fingerprint density at radius 2 is 1.78 bits per heavy atom. The molecule has 1 fully saturated rings. The molecule has 1 aliphatic rings. The molecule has 0 saturated carbocycles. The molecule has 0 N–H and O–H groups in total. The number of ether oxygens (including phenoxy) is 1. The van der Waals surface area contributed by atoms with Gasteiger partial charge in [0.2, 0.25) is 5.91 Å². The van der Waals surface area contributed by atoms with Crippen molar-refractivity contribution in [1.82, 2.24) is 4.90 Å². The van der Waals surface area contributed by atoms with Crippen LogP contribution in [0.3, 0.4) is 0 Å². The molecule has 0 bridgehead atoms. The normalized spacial score (nSPS) is 24.1. The van der Waals surface area contributed by atoms with Crippen LogP contribution in [0.15, 0.2) is 24.3 Å². The number of carbonyl (C=O) groups excluding carboxylic acids is 1. The predicted molar refractivity (Wildman–Crippen MR) is 71.5 cm³/mol. The van der Waals surface area contributed by atoms with Crippen molar-refractivity contribution in [3.63, 3.8) is 0 Å². The Balaban J connectivity index is 1.97. The minimum absolute atomic E-state index is 0.135. The van der Waals surface area contributed by atoms with Crippen LogP contribution in [-0.2, 0) is 16.0 Å². The van der Waals surface area contributed by atoms with E-state index in [0.29, 0.717) is 19.5 Å². The topological polar surface area (TPSA) is 29.5 Å². The minimum Gasteiger partial charge on any atom is -0.372 e. The van der Waals surface area contributed by atoms with Gasteiger partial charge in [0.15, 0.2) is 0 Å². The van der Waals surface area contributed by atoms with E-state index in [0.717, 1.165) is 5.56 Å². The van der Waals surface area contributed by atoms with Crippen molar-refractivity contribution >= 4 is 5.91 Å². The number of hydrogen-bond acceptors (Lipinski definition) is 2. The molecule has 2 rings (SSSR count).